The van der Waals surface area contributed by atoms with Gasteiger partial charge in [-0.1, -0.05) is 36.4 Å². The molecular weight excluding hydrogens is 294 g/mol. The van der Waals surface area contributed by atoms with Gasteiger partial charge in [-0.25, -0.2) is 9.31 Å². The molecule has 0 bridgehead atoms. The summed E-state index contributed by atoms with van der Waals surface area (Å²) in [4.78, 5) is 16.2. The van der Waals surface area contributed by atoms with E-state index >= 15 is 0 Å². The van der Waals surface area contributed by atoms with Crippen molar-refractivity contribution in [1.29, 1.82) is 0 Å². The minimum Gasteiger partial charge on any atom is -0.375 e. The number of benzene rings is 1. The van der Waals surface area contributed by atoms with Crippen molar-refractivity contribution in [2.75, 3.05) is 19.0 Å². The lowest BCUT2D eigenvalue weighted by atomic mass is 10.1. The Morgan fingerprint density at radius 1 is 1.22 bits per heavy atom. The van der Waals surface area contributed by atoms with Gasteiger partial charge in [-0.05, 0) is 17.7 Å². The van der Waals surface area contributed by atoms with E-state index in [4.69, 9.17) is 4.74 Å². The van der Waals surface area contributed by atoms with Crippen LogP contribution in [-0.4, -0.2) is 34.3 Å². The van der Waals surface area contributed by atoms with Gasteiger partial charge in [0.1, 0.15) is 0 Å². The fraction of sp³-hybridized carbons (Fsp3) is 0.188. The lowest BCUT2D eigenvalue weighted by molar-refractivity contribution is 0.104. The number of hydrogen-bond acceptors (Lipinski definition) is 4. The minimum atomic E-state index is -0.376. The molecule has 0 aliphatic carbocycles. The summed E-state index contributed by atoms with van der Waals surface area (Å²) in [7, 11) is 1.61. The number of amides is 2. The van der Waals surface area contributed by atoms with Crippen molar-refractivity contribution in [3.63, 3.8) is 0 Å². The van der Waals surface area contributed by atoms with Gasteiger partial charge in [0.15, 0.2) is 5.65 Å². The van der Waals surface area contributed by atoms with Crippen molar-refractivity contribution in [3.05, 3.63) is 60.3 Å². The normalized spacial score (nSPS) is 12.0. The molecule has 0 radical (unpaired) electrons. The summed E-state index contributed by atoms with van der Waals surface area (Å²) in [5, 5.41) is 9.53. The molecule has 0 spiro atoms. The number of carbonyl (C=O) groups is 1. The molecule has 0 saturated carbocycles. The number of rotatable bonds is 5. The summed E-state index contributed by atoms with van der Waals surface area (Å²) in [5.41, 5.74) is 1.67. The van der Waals surface area contributed by atoms with E-state index in [-0.39, 0.29) is 18.1 Å². The van der Waals surface area contributed by atoms with Gasteiger partial charge < -0.3 is 10.1 Å². The molecule has 2 N–H and O–H groups in total. The van der Waals surface area contributed by atoms with Crippen LogP contribution in [0.2, 0.25) is 0 Å². The molecule has 7 nitrogen and oxygen atoms in total. The van der Waals surface area contributed by atoms with Gasteiger partial charge in [0.2, 0.25) is 0 Å². The highest BCUT2D eigenvalue weighted by Gasteiger charge is 2.13. The minimum absolute atomic E-state index is 0.212. The third-order valence-electron chi connectivity index (χ3n) is 3.37. The molecule has 1 unspecified atom stereocenters. The second kappa shape index (κ2) is 6.89. The smallest absolute Gasteiger partial charge is 0.321 e. The third kappa shape index (κ3) is 3.64. The average Bonchev–Trinajstić information content (AvgIpc) is 2.98. The number of methoxy groups -OCH3 is 1. The van der Waals surface area contributed by atoms with Gasteiger partial charge >= 0.3 is 6.03 Å². The molecule has 2 aromatic heterocycles. The number of hydrogen-bond donors (Lipinski definition) is 2. The highest BCUT2D eigenvalue weighted by Crippen LogP contribution is 2.14. The molecule has 1 atom stereocenters. The maximum atomic E-state index is 12.0. The SMILES string of the molecule is COC(CNC(=O)Nc1nc2ccccn2n1)c1ccccc1. The van der Waals surface area contributed by atoms with Crippen LogP contribution >= 0.6 is 0 Å². The Bertz CT molecular complexity index is 754. The van der Waals surface area contributed by atoms with Crippen LogP contribution in [0.5, 0.6) is 0 Å². The van der Waals surface area contributed by atoms with E-state index in [0.29, 0.717) is 12.2 Å². The summed E-state index contributed by atoms with van der Waals surface area (Å²) in [5.74, 6) is 0.252. The molecular formula is C16H17N5O2. The van der Waals surface area contributed by atoms with Crippen molar-refractivity contribution in [2.45, 2.75) is 6.10 Å². The zero-order valence-electron chi connectivity index (χ0n) is 12.6. The van der Waals surface area contributed by atoms with Gasteiger partial charge in [0, 0.05) is 19.9 Å². The summed E-state index contributed by atoms with van der Waals surface area (Å²) >= 11 is 0. The average molecular weight is 311 g/mol. The molecule has 3 aromatic rings. The number of nitrogens with zero attached hydrogens (tertiary/aromatic N) is 3. The number of nitrogens with one attached hydrogen (secondary N) is 2. The van der Waals surface area contributed by atoms with Crippen LogP contribution in [0.1, 0.15) is 11.7 Å². The predicted octanol–water partition coefficient (Wildman–Crippen LogP) is 2.24. The van der Waals surface area contributed by atoms with Crippen molar-refractivity contribution < 1.29 is 9.53 Å². The maximum absolute atomic E-state index is 12.0. The molecule has 23 heavy (non-hydrogen) atoms. The fourth-order valence-corrected chi connectivity index (χ4v) is 2.22. The van der Waals surface area contributed by atoms with Crippen molar-refractivity contribution in [3.8, 4) is 0 Å². The van der Waals surface area contributed by atoms with E-state index in [1.54, 1.807) is 17.8 Å². The maximum Gasteiger partial charge on any atom is 0.321 e. The van der Waals surface area contributed by atoms with Crippen LogP contribution in [0.15, 0.2) is 54.7 Å². The Balaban J connectivity index is 1.58. The summed E-state index contributed by atoms with van der Waals surface area (Å²) in [6.07, 6.45) is 1.55. The Labute approximate surface area is 133 Å². The first-order valence-electron chi connectivity index (χ1n) is 7.20. The number of ether oxygens (including phenoxy) is 1. The van der Waals surface area contributed by atoms with Crippen LogP contribution in [0.25, 0.3) is 5.65 Å². The molecule has 2 amide bonds. The number of urea groups is 1. The molecule has 0 fully saturated rings. The van der Waals surface area contributed by atoms with Crippen molar-refractivity contribution >= 4 is 17.6 Å². The zero-order chi connectivity index (χ0) is 16.1. The van der Waals surface area contributed by atoms with Crippen LogP contribution in [-0.2, 0) is 4.74 Å². The number of pyridine rings is 1. The van der Waals surface area contributed by atoms with Gasteiger partial charge in [-0.3, -0.25) is 5.32 Å². The van der Waals surface area contributed by atoms with E-state index in [1.807, 2.05) is 48.5 Å². The van der Waals surface area contributed by atoms with Crippen molar-refractivity contribution in [2.24, 2.45) is 0 Å². The van der Waals surface area contributed by atoms with E-state index in [9.17, 15) is 4.79 Å². The Kier molecular flexibility index (Phi) is 4.49. The van der Waals surface area contributed by atoms with E-state index in [2.05, 4.69) is 20.7 Å². The first kappa shape index (κ1) is 15.0. The lowest BCUT2D eigenvalue weighted by Gasteiger charge is -2.16. The molecule has 7 heteroatoms. The van der Waals surface area contributed by atoms with E-state index in [0.717, 1.165) is 5.56 Å². The van der Waals surface area contributed by atoms with E-state index < -0.39 is 0 Å². The first-order chi connectivity index (χ1) is 11.3. The highest BCUT2D eigenvalue weighted by molar-refractivity contribution is 5.87. The summed E-state index contributed by atoms with van der Waals surface area (Å²) in [6.45, 7) is 0.347. The Morgan fingerprint density at radius 3 is 2.74 bits per heavy atom. The monoisotopic (exact) mass is 311 g/mol. The number of anilines is 1. The summed E-state index contributed by atoms with van der Waals surface area (Å²) in [6, 6.07) is 14.8. The van der Waals surface area contributed by atoms with Crippen LogP contribution in [0.3, 0.4) is 0 Å². The lowest BCUT2D eigenvalue weighted by Crippen LogP contribution is -2.33. The number of carbonyl (C=O) groups excluding carboxylic acids is 1. The predicted molar refractivity (Wildman–Crippen MR) is 86.2 cm³/mol. The second-order valence-corrected chi connectivity index (χ2v) is 4.91. The first-order valence-corrected chi connectivity index (χ1v) is 7.20. The zero-order valence-corrected chi connectivity index (χ0v) is 12.6. The molecule has 0 saturated heterocycles. The molecule has 2 heterocycles. The van der Waals surface area contributed by atoms with Gasteiger partial charge in [-0.2, -0.15) is 4.98 Å². The standard InChI is InChI=1S/C16H17N5O2/c1-23-13(12-7-3-2-4-8-12)11-17-16(22)19-15-18-14-9-5-6-10-21(14)20-15/h2-10,13H,11H2,1H3,(H2,17,19,20,22). The largest absolute Gasteiger partial charge is 0.375 e. The second-order valence-electron chi connectivity index (χ2n) is 4.91. The number of fused-ring (bicyclic) bond motifs is 1. The van der Waals surface area contributed by atoms with Crippen LogP contribution < -0.4 is 10.6 Å². The molecule has 1 aromatic carbocycles. The fourth-order valence-electron chi connectivity index (χ4n) is 2.22. The van der Waals surface area contributed by atoms with Crippen molar-refractivity contribution in [1.82, 2.24) is 19.9 Å². The summed E-state index contributed by atoms with van der Waals surface area (Å²) < 4.78 is 7.00. The Morgan fingerprint density at radius 2 is 2.00 bits per heavy atom. The van der Waals surface area contributed by atoms with Gasteiger partial charge in [-0.15, -0.1) is 5.10 Å². The molecule has 3 rings (SSSR count). The number of aromatic nitrogens is 3. The van der Waals surface area contributed by atoms with Crippen LogP contribution in [0.4, 0.5) is 10.7 Å². The van der Waals surface area contributed by atoms with Crippen LogP contribution in [0, 0.1) is 0 Å². The van der Waals surface area contributed by atoms with E-state index in [1.165, 1.54) is 0 Å². The highest BCUT2D eigenvalue weighted by atomic mass is 16.5. The Hall–Kier alpha value is -2.93. The third-order valence-corrected chi connectivity index (χ3v) is 3.37. The topological polar surface area (TPSA) is 80.5 Å². The molecule has 118 valence electrons. The quantitative estimate of drug-likeness (QED) is 0.757. The van der Waals surface area contributed by atoms with Gasteiger partial charge in [0.05, 0.1) is 6.10 Å². The molecule has 0 aliphatic heterocycles. The van der Waals surface area contributed by atoms with Gasteiger partial charge in [0.25, 0.3) is 5.95 Å². The molecule has 0 aliphatic rings.